The summed E-state index contributed by atoms with van der Waals surface area (Å²) in [5.41, 5.74) is 0. The van der Waals surface area contributed by atoms with Crippen molar-refractivity contribution >= 4 is 20.3 Å². The van der Waals surface area contributed by atoms with Crippen molar-refractivity contribution in [2.24, 2.45) is 0 Å². The van der Waals surface area contributed by atoms with Crippen LogP contribution in [0.15, 0.2) is 22.8 Å². The fourth-order valence-electron chi connectivity index (χ4n) is 4.17. The Labute approximate surface area is 162 Å². The molecule has 6 nitrogen and oxygen atoms in total. The number of rotatable bonds is 7. The van der Waals surface area contributed by atoms with Crippen LogP contribution in [-0.2, 0) is 14.0 Å². The first-order chi connectivity index (χ1) is 13.0. The molecule has 0 spiro atoms. The van der Waals surface area contributed by atoms with Crippen molar-refractivity contribution in [1.82, 2.24) is 4.90 Å². The van der Waals surface area contributed by atoms with Crippen molar-refractivity contribution < 1.29 is 23.2 Å². The molecule has 0 N–H and O–H groups in total. The molecule has 0 aromatic carbocycles. The van der Waals surface area contributed by atoms with E-state index in [0.29, 0.717) is 5.76 Å². The Hall–Kier alpha value is -1.60. The van der Waals surface area contributed by atoms with Crippen LogP contribution in [0.4, 0.5) is 4.79 Å². The van der Waals surface area contributed by atoms with Crippen molar-refractivity contribution in [3.63, 3.8) is 0 Å². The van der Waals surface area contributed by atoms with E-state index < -0.39 is 26.6 Å². The number of imide groups is 1. The molecule has 1 aliphatic carbocycles. The highest BCUT2D eigenvalue weighted by Gasteiger charge is 2.57. The second-order valence-electron chi connectivity index (χ2n) is 7.59. The molecule has 2 aliphatic rings. The molecule has 150 valence electrons. The Bertz CT molecular complexity index is 629. The highest BCUT2D eigenvalue weighted by molar-refractivity contribution is 6.73. The fourth-order valence-corrected chi connectivity index (χ4v) is 6.94. The molecule has 0 unspecified atom stereocenters. The molecule has 1 aromatic heterocycles. The van der Waals surface area contributed by atoms with Crippen molar-refractivity contribution in [3.8, 4) is 0 Å². The Morgan fingerprint density at radius 1 is 1.19 bits per heavy atom. The molecule has 1 saturated heterocycles. The maximum absolute atomic E-state index is 12.9. The number of carbonyl (C=O) groups excluding carboxylic acids is 2. The van der Waals surface area contributed by atoms with Crippen LogP contribution >= 0.6 is 0 Å². The van der Waals surface area contributed by atoms with Gasteiger partial charge in [0.05, 0.1) is 6.26 Å². The lowest BCUT2D eigenvalue weighted by molar-refractivity contribution is -0.163. The molecular weight excluding hydrogens is 362 g/mol. The number of hydrogen-bond donors (Lipinski definition) is 0. The number of carbonyl (C=O) groups is 2. The second-order valence-corrected chi connectivity index (χ2v) is 12.3. The standard InChI is InChI=1S/C20H31NO5Si/c1-4-27(5-2,6-3)26-18-17(16-13-10-14-24-16)21(19(18)22)20(23)25-15-11-8-7-9-12-15/h10,13-15,17-18H,4-9,11-12H2,1-3H3/t17-,18+/m1/s1. The molecule has 2 heterocycles. The zero-order chi connectivity index (χ0) is 19.4. The lowest BCUT2D eigenvalue weighted by atomic mass is 9.96. The molecule has 0 radical (unpaired) electrons. The van der Waals surface area contributed by atoms with Gasteiger partial charge in [-0.3, -0.25) is 4.79 Å². The van der Waals surface area contributed by atoms with Crippen LogP contribution in [0.1, 0.15) is 64.7 Å². The number of furan rings is 1. The SMILES string of the molecule is CC[Si](CC)(CC)O[C@@H]1C(=O)N(C(=O)OC2CCCCC2)[C@@H]1c1ccco1. The van der Waals surface area contributed by atoms with E-state index in [1.54, 1.807) is 18.4 Å². The maximum Gasteiger partial charge on any atom is 0.417 e. The predicted molar refractivity (Wildman–Crippen MR) is 104 cm³/mol. The molecule has 2 amide bonds. The van der Waals surface area contributed by atoms with Crippen LogP contribution in [0.5, 0.6) is 0 Å². The lowest BCUT2D eigenvalue weighted by Crippen LogP contribution is -2.64. The highest BCUT2D eigenvalue weighted by atomic mass is 28.4. The summed E-state index contributed by atoms with van der Waals surface area (Å²) in [5.74, 6) is 0.274. The number of likely N-dealkylation sites (tertiary alicyclic amines) is 1. The Kier molecular flexibility index (Phi) is 6.42. The van der Waals surface area contributed by atoms with E-state index in [-0.39, 0.29) is 12.0 Å². The first kappa shape index (κ1) is 20.1. The van der Waals surface area contributed by atoms with Crippen molar-refractivity contribution in [2.75, 3.05) is 0 Å². The first-order valence-electron chi connectivity index (χ1n) is 10.3. The number of amides is 2. The van der Waals surface area contributed by atoms with E-state index in [1.165, 1.54) is 11.3 Å². The molecule has 27 heavy (non-hydrogen) atoms. The molecule has 3 rings (SSSR count). The average Bonchev–Trinajstić information content (AvgIpc) is 3.22. The molecule has 0 bridgehead atoms. The minimum atomic E-state index is -1.99. The van der Waals surface area contributed by atoms with E-state index in [1.807, 2.05) is 0 Å². The van der Waals surface area contributed by atoms with Crippen LogP contribution in [0.3, 0.4) is 0 Å². The quantitative estimate of drug-likeness (QED) is 0.480. The van der Waals surface area contributed by atoms with E-state index in [4.69, 9.17) is 13.6 Å². The second kappa shape index (κ2) is 8.60. The van der Waals surface area contributed by atoms with Crippen LogP contribution in [0, 0.1) is 0 Å². The minimum Gasteiger partial charge on any atom is -0.467 e. The number of nitrogens with zero attached hydrogens (tertiary/aromatic N) is 1. The summed E-state index contributed by atoms with van der Waals surface area (Å²) >= 11 is 0. The summed E-state index contributed by atoms with van der Waals surface area (Å²) in [6.45, 7) is 6.37. The van der Waals surface area contributed by atoms with Crippen LogP contribution < -0.4 is 0 Å². The first-order valence-corrected chi connectivity index (χ1v) is 12.8. The van der Waals surface area contributed by atoms with Gasteiger partial charge in [0.15, 0.2) is 14.4 Å². The summed E-state index contributed by atoms with van der Waals surface area (Å²) in [7, 11) is -1.99. The topological polar surface area (TPSA) is 69.0 Å². The van der Waals surface area contributed by atoms with Crippen molar-refractivity contribution in [2.45, 2.75) is 89.3 Å². The minimum absolute atomic E-state index is 0.0911. The zero-order valence-corrected chi connectivity index (χ0v) is 17.6. The van der Waals surface area contributed by atoms with E-state index in [9.17, 15) is 9.59 Å². The summed E-state index contributed by atoms with van der Waals surface area (Å²) in [5, 5.41) is 0. The largest absolute Gasteiger partial charge is 0.467 e. The van der Waals surface area contributed by atoms with Crippen LogP contribution in [0.2, 0.25) is 18.1 Å². The maximum atomic E-state index is 12.9. The van der Waals surface area contributed by atoms with Gasteiger partial charge in [-0.05, 0) is 55.9 Å². The third kappa shape index (κ3) is 3.99. The van der Waals surface area contributed by atoms with Gasteiger partial charge in [0.2, 0.25) is 0 Å². The van der Waals surface area contributed by atoms with E-state index >= 15 is 0 Å². The van der Waals surface area contributed by atoms with Gasteiger partial charge in [0.25, 0.3) is 5.91 Å². The summed E-state index contributed by atoms with van der Waals surface area (Å²) in [6.07, 6.45) is 5.31. The van der Waals surface area contributed by atoms with E-state index in [0.717, 1.165) is 43.8 Å². The predicted octanol–water partition coefficient (Wildman–Crippen LogP) is 5.02. The van der Waals surface area contributed by atoms with E-state index in [2.05, 4.69) is 20.8 Å². The lowest BCUT2D eigenvalue weighted by Gasteiger charge is -2.47. The average molecular weight is 394 g/mol. The molecule has 1 aliphatic heterocycles. The third-order valence-electron chi connectivity index (χ3n) is 6.21. The number of β-lactam (4-membered cyclic amide) rings is 1. The van der Waals surface area contributed by atoms with Crippen LogP contribution in [-0.4, -0.2) is 37.4 Å². The fraction of sp³-hybridized carbons (Fsp3) is 0.700. The van der Waals surface area contributed by atoms with Gasteiger partial charge < -0.3 is 13.6 Å². The van der Waals surface area contributed by atoms with Gasteiger partial charge in [0.1, 0.15) is 17.9 Å². The Balaban J connectivity index is 1.76. The van der Waals surface area contributed by atoms with Gasteiger partial charge in [-0.15, -0.1) is 0 Å². The van der Waals surface area contributed by atoms with Gasteiger partial charge in [-0.2, -0.15) is 0 Å². The van der Waals surface area contributed by atoms with Crippen LogP contribution in [0.25, 0.3) is 0 Å². The number of hydrogen-bond acceptors (Lipinski definition) is 5. The highest BCUT2D eigenvalue weighted by Crippen LogP contribution is 2.41. The summed E-state index contributed by atoms with van der Waals surface area (Å²) < 4.78 is 17.6. The third-order valence-corrected chi connectivity index (χ3v) is 10.8. The molecule has 1 aromatic rings. The zero-order valence-electron chi connectivity index (χ0n) is 16.6. The summed E-state index contributed by atoms with van der Waals surface area (Å²) in [6, 6.07) is 5.87. The van der Waals surface area contributed by atoms with Gasteiger partial charge in [-0.25, -0.2) is 9.69 Å². The Morgan fingerprint density at radius 3 is 2.41 bits per heavy atom. The van der Waals surface area contributed by atoms with Crippen molar-refractivity contribution in [3.05, 3.63) is 24.2 Å². The van der Waals surface area contributed by atoms with Gasteiger partial charge in [-0.1, -0.05) is 27.2 Å². The molecule has 2 fully saturated rings. The van der Waals surface area contributed by atoms with Crippen molar-refractivity contribution in [1.29, 1.82) is 0 Å². The monoisotopic (exact) mass is 393 g/mol. The summed E-state index contributed by atoms with van der Waals surface area (Å²) in [4.78, 5) is 26.8. The molecule has 1 saturated carbocycles. The van der Waals surface area contributed by atoms with Gasteiger partial charge >= 0.3 is 6.09 Å². The normalized spacial score (nSPS) is 24.0. The Morgan fingerprint density at radius 2 is 1.85 bits per heavy atom. The molecule has 7 heteroatoms. The van der Waals surface area contributed by atoms with Gasteiger partial charge in [0, 0.05) is 0 Å². The molecule has 2 atom stereocenters. The smallest absolute Gasteiger partial charge is 0.417 e. The molecular formula is C20H31NO5Si. The number of ether oxygens (including phenoxy) is 1.